The third kappa shape index (κ3) is 4.14. The molecule has 0 amide bonds. The van der Waals surface area contributed by atoms with E-state index in [-0.39, 0.29) is 11.1 Å². The lowest BCUT2D eigenvalue weighted by molar-refractivity contribution is 0.406. The molecule has 6 heteroatoms. The van der Waals surface area contributed by atoms with Crippen LogP contribution in [0.5, 0.6) is 0 Å². The second-order valence-corrected chi connectivity index (χ2v) is 6.50. The highest BCUT2D eigenvalue weighted by Gasteiger charge is 2.17. The average Bonchev–Trinajstić information content (AvgIpc) is 2.57. The van der Waals surface area contributed by atoms with Gasteiger partial charge in [0.15, 0.2) is 0 Å². The number of benzene rings is 1. The minimum absolute atomic E-state index is 0.00876. The largest absolute Gasteiger partial charge is 0.767 e. The standard InChI is InChI=1S/C17H25N3O2S/c1-3-6-12(4-2)20-16(11-18)14-7-5-8-15-13(14)9-10-19-17(15)23(21)22/h5,7-10,12,16,20H,3-4,6,11,18H2,1-2H3,(H,21,22)/p-1. The number of fused-ring (bicyclic) bond motifs is 1. The smallest absolute Gasteiger partial charge is 0.121 e. The molecular formula is C17H24N3O2S-. The van der Waals surface area contributed by atoms with Crippen molar-refractivity contribution in [3.05, 3.63) is 36.0 Å². The number of hydrogen-bond acceptors (Lipinski definition) is 5. The summed E-state index contributed by atoms with van der Waals surface area (Å²) in [5.74, 6) is 0. The first-order valence-corrected chi connectivity index (χ1v) is 9.12. The van der Waals surface area contributed by atoms with Gasteiger partial charge in [0.1, 0.15) is 5.03 Å². The van der Waals surface area contributed by atoms with Crippen molar-refractivity contribution in [3.8, 4) is 0 Å². The van der Waals surface area contributed by atoms with Crippen LogP contribution in [0.15, 0.2) is 35.5 Å². The van der Waals surface area contributed by atoms with E-state index in [2.05, 4.69) is 24.1 Å². The van der Waals surface area contributed by atoms with Gasteiger partial charge in [0, 0.05) is 30.2 Å². The Kier molecular flexibility index (Phi) is 6.65. The number of hydrogen-bond donors (Lipinski definition) is 2. The van der Waals surface area contributed by atoms with Crippen LogP contribution in [-0.2, 0) is 11.1 Å². The first kappa shape index (κ1) is 18.0. The first-order chi connectivity index (χ1) is 11.1. The molecule has 3 atom stereocenters. The Morgan fingerprint density at radius 1 is 1.30 bits per heavy atom. The van der Waals surface area contributed by atoms with Crippen molar-refractivity contribution in [2.45, 2.75) is 50.2 Å². The molecule has 0 aliphatic heterocycles. The van der Waals surface area contributed by atoms with E-state index in [0.29, 0.717) is 18.0 Å². The fourth-order valence-corrected chi connectivity index (χ4v) is 3.47. The SMILES string of the molecule is CCCC(CC)NC(CN)c1cccc2c(S(=O)[O-])nccc12. The molecule has 126 valence electrons. The topological polar surface area (TPSA) is 91.1 Å². The monoisotopic (exact) mass is 334 g/mol. The highest BCUT2D eigenvalue weighted by molar-refractivity contribution is 7.79. The minimum Gasteiger partial charge on any atom is -0.767 e. The van der Waals surface area contributed by atoms with E-state index >= 15 is 0 Å². The van der Waals surface area contributed by atoms with Crippen LogP contribution < -0.4 is 11.1 Å². The van der Waals surface area contributed by atoms with Crippen LogP contribution in [0.3, 0.4) is 0 Å². The van der Waals surface area contributed by atoms with Crippen LogP contribution in [0, 0.1) is 0 Å². The Morgan fingerprint density at radius 3 is 2.70 bits per heavy atom. The summed E-state index contributed by atoms with van der Waals surface area (Å²) in [5, 5.41) is 5.22. The Bertz CT molecular complexity index is 678. The molecule has 1 heterocycles. The number of aromatic nitrogens is 1. The van der Waals surface area contributed by atoms with Crippen molar-refractivity contribution in [2.75, 3.05) is 6.54 Å². The average molecular weight is 334 g/mol. The van der Waals surface area contributed by atoms with Gasteiger partial charge in [-0.2, -0.15) is 0 Å². The summed E-state index contributed by atoms with van der Waals surface area (Å²) in [5.41, 5.74) is 7.01. The summed E-state index contributed by atoms with van der Waals surface area (Å²) in [6.07, 6.45) is 4.77. The molecule has 3 N–H and O–H groups in total. The van der Waals surface area contributed by atoms with Gasteiger partial charge in [-0.1, -0.05) is 38.5 Å². The van der Waals surface area contributed by atoms with Crippen molar-refractivity contribution in [1.82, 2.24) is 10.3 Å². The zero-order chi connectivity index (χ0) is 16.8. The van der Waals surface area contributed by atoms with Crippen molar-refractivity contribution in [3.63, 3.8) is 0 Å². The van der Waals surface area contributed by atoms with Crippen molar-refractivity contribution in [2.24, 2.45) is 5.73 Å². The molecule has 0 bridgehead atoms. The van der Waals surface area contributed by atoms with Crippen LogP contribution in [0.2, 0.25) is 0 Å². The van der Waals surface area contributed by atoms with E-state index in [1.165, 1.54) is 6.20 Å². The predicted molar refractivity (Wildman–Crippen MR) is 92.8 cm³/mol. The number of pyridine rings is 1. The van der Waals surface area contributed by atoms with Gasteiger partial charge in [-0.05, 0) is 40.9 Å². The Balaban J connectivity index is 2.44. The van der Waals surface area contributed by atoms with Crippen LogP contribution in [0.25, 0.3) is 10.8 Å². The van der Waals surface area contributed by atoms with E-state index in [4.69, 9.17) is 5.73 Å². The van der Waals surface area contributed by atoms with Gasteiger partial charge in [-0.3, -0.25) is 4.21 Å². The molecule has 0 aliphatic carbocycles. The normalized spacial score (nSPS) is 15.5. The van der Waals surface area contributed by atoms with Gasteiger partial charge in [0.2, 0.25) is 0 Å². The molecule has 5 nitrogen and oxygen atoms in total. The summed E-state index contributed by atoms with van der Waals surface area (Å²) >= 11 is -2.36. The van der Waals surface area contributed by atoms with Crippen LogP contribution in [0.1, 0.15) is 44.7 Å². The molecule has 0 fully saturated rings. The zero-order valence-electron chi connectivity index (χ0n) is 13.6. The van der Waals surface area contributed by atoms with Gasteiger partial charge in [0.05, 0.1) is 0 Å². The minimum atomic E-state index is -2.36. The quantitative estimate of drug-likeness (QED) is 0.724. The Hall–Kier alpha value is -1.34. The highest BCUT2D eigenvalue weighted by atomic mass is 32.2. The molecule has 0 radical (unpaired) electrons. The predicted octanol–water partition coefficient (Wildman–Crippen LogP) is 2.64. The number of nitrogens with zero attached hydrogens (tertiary/aromatic N) is 1. The van der Waals surface area contributed by atoms with E-state index < -0.39 is 11.1 Å². The van der Waals surface area contributed by atoms with Crippen molar-refractivity contribution >= 4 is 21.9 Å². The Labute approximate surface area is 140 Å². The second-order valence-electron chi connectivity index (χ2n) is 5.64. The lowest BCUT2D eigenvalue weighted by atomic mass is 9.98. The molecule has 2 aromatic rings. The van der Waals surface area contributed by atoms with Gasteiger partial charge < -0.3 is 15.6 Å². The lowest BCUT2D eigenvalue weighted by Crippen LogP contribution is -2.36. The van der Waals surface area contributed by atoms with Gasteiger partial charge in [0.25, 0.3) is 0 Å². The summed E-state index contributed by atoms with van der Waals surface area (Å²) in [4.78, 5) is 3.97. The summed E-state index contributed by atoms with van der Waals surface area (Å²) in [6, 6.07) is 7.90. The molecule has 0 saturated heterocycles. The van der Waals surface area contributed by atoms with Crippen LogP contribution >= 0.6 is 0 Å². The van der Waals surface area contributed by atoms with Crippen molar-refractivity contribution in [1.29, 1.82) is 0 Å². The summed E-state index contributed by atoms with van der Waals surface area (Å²) in [7, 11) is 0. The van der Waals surface area contributed by atoms with Crippen molar-refractivity contribution < 1.29 is 8.76 Å². The third-order valence-corrected chi connectivity index (χ3v) is 4.78. The molecule has 3 unspecified atom stereocenters. The fraction of sp³-hybridized carbons (Fsp3) is 0.471. The summed E-state index contributed by atoms with van der Waals surface area (Å²) in [6.45, 7) is 4.78. The zero-order valence-corrected chi connectivity index (χ0v) is 14.4. The van der Waals surface area contributed by atoms with Gasteiger partial charge in [-0.25, -0.2) is 4.98 Å². The molecule has 23 heavy (non-hydrogen) atoms. The Morgan fingerprint density at radius 2 is 2.09 bits per heavy atom. The van der Waals surface area contributed by atoms with Crippen LogP contribution in [-0.4, -0.2) is 26.3 Å². The third-order valence-electron chi connectivity index (χ3n) is 4.14. The first-order valence-electron chi connectivity index (χ1n) is 8.05. The maximum absolute atomic E-state index is 11.4. The molecule has 0 aliphatic rings. The van der Waals surface area contributed by atoms with E-state index in [1.54, 1.807) is 6.07 Å². The van der Waals surface area contributed by atoms with Crippen LogP contribution in [0.4, 0.5) is 0 Å². The van der Waals surface area contributed by atoms with E-state index in [9.17, 15) is 8.76 Å². The van der Waals surface area contributed by atoms with Gasteiger partial charge >= 0.3 is 0 Å². The van der Waals surface area contributed by atoms with Gasteiger partial charge in [-0.15, -0.1) is 0 Å². The molecular weight excluding hydrogens is 310 g/mol. The second kappa shape index (κ2) is 8.49. The molecule has 2 rings (SSSR count). The maximum Gasteiger partial charge on any atom is 0.121 e. The number of rotatable bonds is 8. The van der Waals surface area contributed by atoms with E-state index in [0.717, 1.165) is 30.2 Å². The molecule has 1 aromatic heterocycles. The maximum atomic E-state index is 11.4. The molecule has 0 spiro atoms. The highest BCUT2D eigenvalue weighted by Crippen LogP contribution is 2.27. The summed E-state index contributed by atoms with van der Waals surface area (Å²) < 4.78 is 22.7. The fourth-order valence-electron chi connectivity index (χ4n) is 2.96. The molecule has 1 aromatic carbocycles. The number of nitrogens with one attached hydrogen (secondary N) is 1. The lowest BCUT2D eigenvalue weighted by Gasteiger charge is -2.25. The number of nitrogens with two attached hydrogens (primary N) is 1. The van der Waals surface area contributed by atoms with E-state index in [1.807, 2.05) is 18.2 Å². The molecule has 0 saturated carbocycles.